The number of fused-ring (bicyclic) bond motifs is 1. The van der Waals surface area contributed by atoms with Crippen molar-refractivity contribution in [2.45, 2.75) is 6.92 Å². The van der Waals surface area contributed by atoms with Crippen LogP contribution in [0, 0.1) is 12.7 Å². The maximum absolute atomic E-state index is 13.3. The number of hydrogen-bond acceptors (Lipinski definition) is 5. The molecule has 124 valence electrons. The normalized spacial score (nSPS) is 11.0. The number of nitrogens with one attached hydrogen (secondary N) is 1. The fraction of sp³-hybridized carbons (Fsp3) is 0.0556. The first-order valence-electron chi connectivity index (χ1n) is 7.50. The van der Waals surface area contributed by atoms with Crippen LogP contribution in [0.4, 0.5) is 9.52 Å². The van der Waals surface area contributed by atoms with E-state index in [4.69, 9.17) is 4.52 Å². The summed E-state index contributed by atoms with van der Waals surface area (Å²) < 4.78 is 19.4. The lowest BCUT2D eigenvalue weighted by Crippen LogP contribution is -2.10. The van der Waals surface area contributed by atoms with Gasteiger partial charge in [-0.3, -0.25) is 10.1 Å². The number of amides is 1. The molecule has 7 heteroatoms. The topological polar surface area (TPSA) is 68.0 Å². The SMILES string of the molecule is Cc1ccc2nc(NC(=O)c3cc(-c4cccc(F)c4)no3)sc2c1. The summed E-state index contributed by atoms with van der Waals surface area (Å²) in [5.41, 5.74) is 2.88. The van der Waals surface area contributed by atoms with Gasteiger partial charge in [-0.05, 0) is 36.8 Å². The standard InChI is InChI=1S/C18H12FN3O2S/c1-10-5-6-13-16(7-10)25-18(20-13)21-17(23)15-9-14(22-24-15)11-3-2-4-12(19)8-11/h2-9H,1H3,(H,20,21,23). The van der Waals surface area contributed by atoms with Crippen molar-refractivity contribution in [1.82, 2.24) is 10.1 Å². The molecule has 0 radical (unpaired) electrons. The Morgan fingerprint density at radius 1 is 1.20 bits per heavy atom. The van der Waals surface area contributed by atoms with Crippen LogP contribution in [-0.2, 0) is 0 Å². The molecule has 0 aliphatic heterocycles. The van der Waals surface area contributed by atoms with Crippen LogP contribution in [0.1, 0.15) is 16.1 Å². The first-order chi connectivity index (χ1) is 12.1. The van der Waals surface area contributed by atoms with E-state index in [0.29, 0.717) is 16.4 Å². The average Bonchev–Trinajstić information content (AvgIpc) is 3.21. The number of hydrogen-bond donors (Lipinski definition) is 1. The third-order valence-corrected chi connectivity index (χ3v) is 4.55. The predicted octanol–water partition coefficient (Wildman–Crippen LogP) is 4.65. The average molecular weight is 353 g/mol. The highest BCUT2D eigenvalue weighted by Crippen LogP contribution is 2.27. The molecule has 2 aromatic heterocycles. The summed E-state index contributed by atoms with van der Waals surface area (Å²) in [7, 11) is 0. The maximum atomic E-state index is 13.3. The van der Waals surface area contributed by atoms with Crippen molar-refractivity contribution < 1.29 is 13.7 Å². The first-order valence-corrected chi connectivity index (χ1v) is 8.31. The van der Waals surface area contributed by atoms with E-state index in [-0.39, 0.29) is 11.6 Å². The molecule has 0 aliphatic rings. The molecule has 0 fully saturated rings. The predicted molar refractivity (Wildman–Crippen MR) is 94.2 cm³/mol. The molecule has 0 aliphatic carbocycles. The number of benzene rings is 2. The molecule has 25 heavy (non-hydrogen) atoms. The molecule has 0 atom stereocenters. The van der Waals surface area contributed by atoms with Gasteiger partial charge in [0, 0.05) is 11.6 Å². The van der Waals surface area contributed by atoms with Crippen molar-refractivity contribution in [3.63, 3.8) is 0 Å². The van der Waals surface area contributed by atoms with Crippen LogP contribution in [0.3, 0.4) is 0 Å². The lowest BCUT2D eigenvalue weighted by atomic mass is 10.1. The van der Waals surface area contributed by atoms with Crippen LogP contribution in [0.15, 0.2) is 53.1 Å². The quantitative estimate of drug-likeness (QED) is 0.582. The zero-order chi connectivity index (χ0) is 17.4. The zero-order valence-corrected chi connectivity index (χ0v) is 13.9. The lowest BCUT2D eigenvalue weighted by molar-refractivity contribution is 0.0988. The van der Waals surface area contributed by atoms with Gasteiger partial charge in [0.2, 0.25) is 5.76 Å². The second-order valence-corrected chi connectivity index (χ2v) is 6.56. The molecule has 0 bridgehead atoms. The molecule has 4 rings (SSSR count). The second-order valence-electron chi connectivity index (χ2n) is 5.53. The Kier molecular flexibility index (Phi) is 3.77. The Labute approximate surface area is 146 Å². The van der Waals surface area contributed by atoms with E-state index in [9.17, 15) is 9.18 Å². The van der Waals surface area contributed by atoms with Crippen molar-refractivity contribution >= 4 is 32.6 Å². The number of nitrogens with zero attached hydrogens (tertiary/aromatic N) is 2. The molecule has 0 unspecified atom stereocenters. The molecular weight excluding hydrogens is 341 g/mol. The third-order valence-electron chi connectivity index (χ3n) is 3.62. The largest absolute Gasteiger partial charge is 0.350 e. The van der Waals surface area contributed by atoms with Crippen LogP contribution < -0.4 is 5.32 Å². The Balaban J connectivity index is 1.56. The molecule has 5 nitrogen and oxygen atoms in total. The van der Waals surface area contributed by atoms with E-state index in [1.165, 1.54) is 29.5 Å². The van der Waals surface area contributed by atoms with Gasteiger partial charge in [-0.15, -0.1) is 0 Å². The molecule has 0 saturated heterocycles. The number of thiazole rings is 1. The number of rotatable bonds is 3. The Morgan fingerprint density at radius 3 is 2.92 bits per heavy atom. The van der Waals surface area contributed by atoms with Gasteiger partial charge in [0.25, 0.3) is 5.91 Å². The van der Waals surface area contributed by atoms with E-state index in [1.807, 2.05) is 25.1 Å². The van der Waals surface area contributed by atoms with Gasteiger partial charge in [-0.25, -0.2) is 9.37 Å². The minimum Gasteiger partial charge on any atom is -0.350 e. The summed E-state index contributed by atoms with van der Waals surface area (Å²) in [5.74, 6) is -0.795. The van der Waals surface area contributed by atoms with Crippen molar-refractivity contribution in [3.05, 3.63) is 65.7 Å². The van der Waals surface area contributed by atoms with E-state index >= 15 is 0 Å². The van der Waals surface area contributed by atoms with Crippen LogP contribution in [0.5, 0.6) is 0 Å². The molecule has 1 N–H and O–H groups in total. The van der Waals surface area contributed by atoms with E-state index < -0.39 is 5.91 Å². The van der Waals surface area contributed by atoms with Gasteiger partial charge < -0.3 is 4.52 Å². The molecule has 0 spiro atoms. The summed E-state index contributed by atoms with van der Waals surface area (Å²) >= 11 is 1.38. The molecular formula is C18H12FN3O2S. The molecule has 2 aromatic carbocycles. The highest BCUT2D eigenvalue weighted by Gasteiger charge is 2.16. The number of aromatic nitrogens is 2. The summed E-state index contributed by atoms with van der Waals surface area (Å²) in [6.45, 7) is 2.00. The molecule has 2 heterocycles. The zero-order valence-electron chi connectivity index (χ0n) is 13.1. The van der Waals surface area contributed by atoms with E-state index in [0.717, 1.165) is 15.8 Å². The van der Waals surface area contributed by atoms with Gasteiger partial charge in [-0.1, -0.05) is 34.7 Å². The summed E-state index contributed by atoms with van der Waals surface area (Å²) in [6.07, 6.45) is 0. The van der Waals surface area contributed by atoms with Gasteiger partial charge in [0.05, 0.1) is 10.2 Å². The third kappa shape index (κ3) is 3.14. The monoisotopic (exact) mass is 353 g/mol. The van der Waals surface area contributed by atoms with Gasteiger partial charge in [0.1, 0.15) is 11.5 Å². The Hall–Kier alpha value is -3.06. The fourth-order valence-corrected chi connectivity index (χ4v) is 3.37. The fourth-order valence-electron chi connectivity index (χ4n) is 2.41. The van der Waals surface area contributed by atoms with Crippen LogP contribution in [0.25, 0.3) is 21.5 Å². The number of anilines is 1. The first kappa shape index (κ1) is 15.5. The molecule has 4 aromatic rings. The number of carbonyl (C=O) groups is 1. The summed E-state index contributed by atoms with van der Waals surface area (Å²) in [5, 5.41) is 7.01. The van der Waals surface area contributed by atoms with Crippen molar-refractivity contribution in [3.8, 4) is 11.3 Å². The highest BCUT2D eigenvalue weighted by molar-refractivity contribution is 7.22. The van der Waals surface area contributed by atoms with E-state index in [2.05, 4.69) is 15.5 Å². The highest BCUT2D eigenvalue weighted by atomic mass is 32.1. The van der Waals surface area contributed by atoms with Crippen molar-refractivity contribution in [2.75, 3.05) is 5.32 Å². The number of carbonyl (C=O) groups excluding carboxylic acids is 1. The lowest BCUT2D eigenvalue weighted by Gasteiger charge is -1.95. The van der Waals surface area contributed by atoms with Crippen LogP contribution >= 0.6 is 11.3 Å². The van der Waals surface area contributed by atoms with Crippen LogP contribution in [0.2, 0.25) is 0 Å². The maximum Gasteiger partial charge on any atom is 0.296 e. The van der Waals surface area contributed by atoms with Gasteiger partial charge in [0.15, 0.2) is 5.13 Å². The van der Waals surface area contributed by atoms with Crippen LogP contribution in [-0.4, -0.2) is 16.0 Å². The minimum absolute atomic E-state index is 0.0368. The summed E-state index contributed by atoms with van der Waals surface area (Å²) in [4.78, 5) is 16.7. The number of aryl methyl sites for hydroxylation is 1. The Bertz CT molecular complexity index is 1090. The molecule has 1 amide bonds. The Morgan fingerprint density at radius 2 is 2.08 bits per heavy atom. The van der Waals surface area contributed by atoms with Crippen molar-refractivity contribution in [1.29, 1.82) is 0 Å². The summed E-state index contributed by atoms with van der Waals surface area (Å²) in [6, 6.07) is 13.3. The second kappa shape index (κ2) is 6.10. The minimum atomic E-state index is -0.453. The smallest absolute Gasteiger partial charge is 0.296 e. The number of halogens is 1. The van der Waals surface area contributed by atoms with Gasteiger partial charge >= 0.3 is 0 Å². The van der Waals surface area contributed by atoms with Gasteiger partial charge in [-0.2, -0.15) is 0 Å². The van der Waals surface area contributed by atoms with Crippen molar-refractivity contribution in [2.24, 2.45) is 0 Å². The molecule has 0 saturated carbocycles. The van der Waals surface area contributed by atoms with E-state index in [1.54, 1.807) is 12.1 Å².